The summed E-state index contributed by atoms with van der Waals surface area (Å²) in [6, 6.07) is 0. The molecule has 0 unspecified atom stereocenters. The van der Waals surface area contributed by atoms with Crippen molar-refractivity contribution in [1.82, 2.24) is 0 Å². The summed E-state index contributed by atoms with van der Waals surface area (Å²) in [7, 11) is 2.90. The van der Waals surface area contributed by atoms with E-state index in [1.54, 1.807) is 0 Å². The van der Waals surface area contributed by atoms with Gasteiger partial charge in [0.25, 0.3) is 0 Å². The molecule has 0 aliphatic rings. The van der Waals surface area contributed by atoms with Crippen LogP contribution >= 0.6 is 24.4 Å². The van der Waals surface area contributed by atoms with E-state index in [0.29, 0.717) is 0 Å². The van der Waals surface area contributed by atoms with Crippen molar-refractivity contribution in [2.75, 3.05) is 14.2 Å². The second kappa shape index (κ2) is 3.74. The van der Waals surface area contributed by atoms with Gasteiger partial charge in [0.15, 0.2) is 0 Å². The Morgan fingerprint density at radius 2 is 1.25 bits per heavy atom. The first-order valence-corrected chi connectivity index (χ1v) is 2.70. The van der Waals surface area contributed by atoms with E-state index in [9.17, 15) is 0 Å². The second-order valence-electron chi connectivity index (χ2n) is 0.983. The van der Waals surface area contributed by atoms with Gasteiger partial charge < -0.3 is 9.47 Å². The minimum atomic E-state index is 0.225. The van der Waals surface area contributed by atoms with Crippen molar-refractivity contribution in [2.24, 2.45) is 0 Å². The molecule has 0 amide bonds. The Balaban J connectivity index is 3.64. The van der Waals surface area contributed by atoms with Gasteiger partial charge in [-0.2, -0.15) is 0 Å². The highest BCUT2D eigenvalue weighted by Crippen LogP contribution is 1.85. The molecular weight excluding hydrogens is 144 g/mol. The Hall–Kier alpha value is -0.220. The zero-order valence-electron chi connectivity index (χ0n) is 4.63. The summed E-state index contributed by atoms with van der Waals surface area (Å²) in [5.74, 6) is 0. The van der Waals surface area contributed by atoms with Crippen LogP contribution in [0.4, 0.5) is 0 Å². The SMILES string of the molecule is COC(=S)C(=S)OC. The summed E-state index contributed by atoms with van der Waals surface area (Å²) in [6.45, 7) is 0. The van der Waals surface area contributed by atoms with Gasteiger partial charge in [-0.25, -0.2) is 0 Å². The van der Waals surface area contributed by atoms with E-state index < -0.39 is 0 Å². The lowest BCUT2D eigenvalue weighted by Crippen LogP contribution is -2.11. The van der Waals surface area contributed by atoms with Crippen LogP contribution in [0.25, 0.3) is 0 Å². The highest BCUT2D eigenvalue weighted by atomic mass is 32.1. The third-order valence-electron chi connectivity index (χ3n) is 0.537. The molecule has 0 aliphatic carbocycles. The normalized spacial score (nSPS) is 7.75. The molecule has 0 spiro atoms. The quantitative estimate of drug-likeness (QED) is 0.478. The zero-order valence-corrected chi connectivity index (χ0v) is 6.27. The van der Waals surface area contributed by atoms with Crippen LogP contribution in [0.2, 0.25) is 0 Å². The molecule has 0 aromatic heterocycles. The van der Waals surface area contributed by atoms with E-state index in [2.05, 4.69) is 33.9 Å². The first-order valence-electron chi connectivity index (χ1n) is 1.88. The maximum atomic E-state index is 4.59. The van der Waals surface area contributed by atoms with Crippen LogP contribution in [0.5, 0.6) is 0 Å². The average Bonchev–Trinajstić information content (AvgIpc) is 1.84. The van der Waals surface area contributed by atoms with Gasteiger partial charge in [-0.05, 0) is 24.4 Å². The predicted octanol–water partition coefficient (Wildman–Crippen LogP) is 0.934. The fourth-order valence-corrected chi connectivity index (χ4v) is 0.333. The molecule has 0 N–H and O–H groups in total. The Morgan fingerprint density at radius 1 is 1.00 bits per heavy atom. The molecule has 8 heavy (non-hydrogen) atoms. The molecule has 0 fully saturated rings. The molecule has 0 bridgehead atoms. The molecule has 4 heteroatoms. The Bertz CT molecular complexity index is 96.6. The van der Waals surface area contributed by atoms with Crippen LogP contribution in [0.3, 0.4) is 0 Å². The van der Waals surface area contributed by atoms with Crippen molar-refractivity contribution >= 4 is 34.5 Å². The number of thiocarbonyl (C=S) groups is 2. The van der Waals surface area contributed by atoms with Crippen LogP contribution in [-0.2, 0) is 9.47 Å². The molecule has 0 saturated heterocycles. The van der Waals surface area contributed by atoms with Gasteiger partial charge in [-0.15, -0.1) is 0 Å². The average molecular weight is 150 g/mol. The van der Waals surface area contributed by atoms with Crippen molar-refractivity contribution in [3.05, 3.63) is 0 Å². The third kappa shape index (κ3) is 2.18. The lowest BCUT2D eigenvalue weighted by Gasteiger charge is -1.99. The minimum Gasteiger partial charge on any atom is -0.483 e. The molecule has 0 rings (SSSR count). The first-order chi connectivity index (χ1) is 3.72. The number of methoxy groups -OCH3 is 2. The molecule has 0 heterocycles. The summed E-state index contributed by atoms with van der Waals surface area (Å²) >= 11 is 9.18. The van der Waals surface area contributed by atoms with Gasteiger partial charge in [0.2, 0.25) is 10.1 Å². The van der Waals surface area contributed by atoms with Crippen molar-refractivity contribution in [3.63, 3.8) is 0 Å². The van der Waals surface area contributed by atoms with Gasteiger partial charge in [-0.1, -0.05) is 0 Å². The van der Waals surface area contributed by atoms with Gasteiger partial charge in [0.05, 0.1) is 14.2 Å². The topological polar surface area (TPSA) is 18.5 Å². The molecule has 0 aromatic carbocycles. The summed E-state index contributed by atoms with van der Waals surface area (Å²) in [4.78, 5) is 0. The lowest BCUT2D eigenvalue weighted by atomic mass is 10.8. The summed E-state index contributed by atoms with van der Waals surface area (Å²) in [6.07, 6.45) is 0. The number of rotatable bonds is 0. The van der Waals surface area contributed by atoms with Crippen molar-refractivity contribution in [3.8, 4) is 0 Å². The monoisotopic (exact) mass is 150 g/mol. The molecule has 0 aromatic rings. The summed E-state index contributed by atoms with van der Waals surface area (Å²) < 4.78 is 9.14. The third-order valence-corrected chi connectivity index (χ3v) is 1.37. The second-order valence-corrected chi connectivity index (χ2v) is 1.72. The van der Waals surface area contributed by atoms with Gasteiger partial charge in [0, 0.05) is 0 Å². The van der Waals surface area contributed by atoms with Crippen LogP contribution in [0.15, 0.2) is 0 Å². The van der Waals surface area contributed by atoms with Crippen molar-refractivity contribution in [2.45, 2.75) is 0 Å². The van der Waals surface area contributed by atoms with Gasteiger partial charge in [-0.3, -0.25) is 0 Å². The smallest absolute Gasteiger partial charge is 0.238 e. The minimum absolute atomic E-state index is 0.225. The summed E-state index contributed by atoms with van der Waals surface area (Å²) in [5.41, 5.74) is 0. The Labute approximate surface area is 58.8 Å². The Morgan fingerprint density at radius 3 is 1.38 bits per heavy atom. The standard InChI is InChI=1S/C4H6O2S2/c1-5-3(7)4(8)6-2/h1-2H3. The van der Waals surface area contributed by atoms with Crippen LogP contribution in [-0.4, -0.2) is 24.3 Å². The molecule has 0 radical (unpaired) electrons. The van der Waals surface area contributed by atoms with Crippen LogP contribution in [0.1, 0.15) is 0 Å². The molecule has 0 saturated carbocycles. The fourth-order valence-electron chi connectivity index (χ4n) is 0.167. The first kappa shape index (κ1) is 7.78. The van der Waals surface area contributed by atoms with Crippen LogP contribution in [0, 0.1) is 0 Å². The zero-order chi connectivity index (χ0) is 6.57. The van der Waals surface area contributed by atoms with Crippen LogP contribution < -0.4 is 0 Å². The Kier molecular flexibility index (Phi) is 3.64. The van der Waals surface area contributed by atoms with Gasteiger partial charge >= 0.3 is 0 Å². The van der Waals surface area contributed by atoms with Crippen molar-refractivity contribution in [1.29, 1.82) is 0 Å². The molecule has 0 atom stereocenters. The van der Waals surface area contributed by atoms with Gasteiger partial charge in [0.1, 0.15) is 0 Å². The maximum absolute atomic E-state index is 4.59. The highest BCUT2D eigenvalue weighted by molar-refractivity contribution is 7.88. The number of hydrogen-bond acceptors (Lipinski definition) is 4. The molecule has 2 nitrogen and oxygen atoms in total. The number of ether oxygens (including phenoxy) is 2. The van der Waals surface area contributed by atoms with E-state index in [1.165, 1.54) is 14.2 Å². The maximum Gasteiger partial charge on any atom is 0.238 e. The van der Waals surface area contributed by atoms with Crippen molar-refractivity contribution < 1.29 is 9.47 Å². The lowest BCUT2D eigenvalue weighted by molar-refractivity contribution is 0.382. The van der Waals surface area contributed by atoms with E-state index in [-0.39, 0.29) is 10.1 Å². The van der Waals surface area contributed by atoms with E-state index >= 15 is 0 Å². The molecule has 0 aliphatic heterocycles. The highest BCUT2D eigenvalue weighted by Gasteiger charge is 2.00. The molecular formula is C4H6O2S2. The summed E-state index contributed by atoms with van der Waals surface area (Å²) in [5, 5.41) is 0.449. The fraction of sp³-hybridized carbons (Fsp3) is 0.500. The van der Waals surface area contributed by atoms with E-state index in [4.69, 9.17) is 0 Å². The number of hydrogen-bond donors (Lipinski definition) is 0. The largest absolute Gasteiger partial charge is 0.483 e. The van der Waals surface area contributed by atoms with E-state index in [1.807, 2.05) is 0 Å². The predicted molar refractivity (Wildman–Crippen MR) is 39.2 cm³/mol. The van der Waals surface area contributed by atoms with E-state index in [0.717, 1.165) is 0 Å². The molecule has 46 valence electrons.